The molecule has 114 valence electrons. The molecule has 1 aromatic rings. The van der Waals surface area contributed by atoms with Crippen molar-refractivity contribution in [2.45, 2.75) is 51.3 Å². The molecule has 1 N–H and O–H groups in total. The number of ether oxygens (including phenoxy) is 1. The zero-order valence-electron chi connectivity index (χ0n) is 12.6. The van der Waals surface area contributed by atoms with E-state index in [4.69, 9.17) is 4.74 Å². The number of nitrogens with zero attached hydrogens (tertiary/aromatic N) is 3. The Morgan fingerprint density at radius 3 is 2.90 bits per heavy atom. The molecule has 0 radical (unpaired) electrons. The molecule has 0 bridgehead atoms. The van der Waals surface area contributed by atoms with Crippen LogP contribution in [0.3, 0.4) is 0 Å². The first-order valence-corrected chi connectivity index (χ1v) is 7.63. The molecule has 2 saturated heterocycles. The minimum Gasteiger partial charge on any atom is -0.461 e. The summed E-state index contributed by atoms with van der Waals surface area (Å²) in [6.07, 6.45) is 2.95. The molecule has 3 rings (SSSR count). The molecule has 2 aliphatic rings. The van der Waals surface area contributed by atoms with Crippen molar-refractivity contribution in [1.82, 2.24) is 15.5 Å². The van der Waals surface area contributed by atoms with Crippen LogP contribution in [-0.4, -0.2) is 47.4 Å². The zero-order valence-corrected chi connectivity index (χ0v) is 12.6. The van der Waals surface area contributed by atoms with Crippen LogP contribution in [0.4, 0.5) is 5.82 Å². The fraction of sp³-hybridized carbons (Fsp3) is 0.667. The molecule has 2 aliphatic heterocycles. The second-order valence-corrected chi connectivity index (χ2v) is 6.02. The summed E-state index contributed by atoms with van der Waals surface area (Å²) in [7, 11) is 0. The number of carbonyl (C=O) groups is 1. The fourth-order valence-corrected chi connectivity index (χ4v) is 3.06. The number of cyclic esters (lactones) is 1. The van der Waals surface area contributed by atoms with E-state index in [2.05, 4.69) is 20.4 Å². The number of hydrogen-bond acceptors (Lipinski definition) is 6. The van der Waals surface area contributed by atoms with Crippen LogP contribution >= 0.6 is 0 Å². The molecule has 0 saturated carbocycles. The highest BCUT2D eigenvalue weighted by atomic mass is 16.6. The Morgan fingerprint density at radius 2 is 2.24 bits per heavy atom. The van der Waals surface area contributed by atoms with E-state index in [1.165, 1.54) is 0 Å². The van der Waals surface area contributed by atoms with E-state index >= 15 is 0 Å². The summed E-state index contributed by atoms with van der Waals surface area (Å²) in [6, 6.07) is 4.13. The van der Waals surface area contributed by atoms with Crippen LogP contribution in [0.2, 0.25) is 0 Å². The number of hydrogen-bond donors (Lipinski definition) is 1. The highest BCUT2D eigenvalue weighted by molar-refractivity contribution is 5.78. The third-order valence-electron chi connectivity index (χ3n) is 4.14. The molecular formula is C15H22N4O2. The fourth-order valence-electron chi connectivity index (χ4n) is 3.06. The highest BCUT2D eigenvalue weighted by Gasteiger charge is 2.34. The molecule has 2 fully saturated rings. The first-order valence-electron chi connectivity index (χ1n) is 7.63. The Morgan fingerprint density at radius 1 is 1.38 bits per heavy atom. The largest absolute Gasteiger partial charge is 0.461 e. The van der Waals surface area contributed by atoms with E-state index < -0.39 is 0 Å². The summed E-state index contributed by atoms with van der Waals surface area (Å²) in [5, 5.41) is 11.8. The third-order valence-corrected chi connectivity index (χ3v) is 4.14. The van der Waals surface area contributed by atoms with Gasteiger partial charge < -0.3 is 9.64 Å². The van der Waals surface area contributed by atoms with E-state index in [-0.39, 0.29) is 18.1 Å². The molecule has 0 amide bonds. The van der Waals surface area contributed by atoms with Gasteiger partial charge in [-0.1, -0.05) is 0 Å². The SMILES string of the molecule is Cc1ccc(N2CCC[C@H](N[C@@H]3C[C@H](C)OC3=O)C2)nn1. The lowest BCUT2D eigenvalue weighted by atomic mass is 10.0. The lowest BCUT2D eigenvalue weighted by molar-refractivity contribution is -0.142. The molecule has 1 aromatic heterocycles. The number of aromatic nitrogens is 2. The number of anilines is 1. The molecule has 0 unspecified atom stereocenters. The minimum atomic E-state index is -0.158. The van der Waals surface area contributed by atoms with Crippen molar-refractivity contribution in [2.75, 3.05) is 18.0 Å². The molecule has 21 heavy (non-hydrogen) atoms. The van der Waals surface area contributed by atoms with Crippen LogP contribution in [0.1, 0.15) is 31.9 Å². The van der Waals surface area contributed by atoms with Gasteiger partial charge in [0.2, 0.25) is 0 Å². The van der Waals surface area contributed by atoms with E-state index in [0.29, 0.717) is 6.04 Å². The lowest BCUT2D eigenvalue weighted by Crippen LogP contribution is -2.50. The third kappa shape index (κ3) is 3.32. The van der Waals surface area contributed by atoms with E-state index in [0.717, 1.165) is 43.9 Å². The van der Waals surface area contributed by atoms with Gasteiger partial charge in [-0.15, -0.1) is 5.10 Å². The van der Waals surface area contributed by atoms with Gasteiger partial charge in [0.25, 0.3) is 0 Å². The summed E-state index contributed by atoms with van der Waals surface area (Å²) < 4.78 is 5.20. The van der Waals surface area contributed by atoms with Crippen LogP contribution in [0.5, 0.6) is 0 Å². The molecule has 0 spiro atoms. The Hall–Kier alpha value is -1.69. The van der Waals surface area contributed by atoms with Crippen LogP contribution < -0.4 is 10.2 Å². The summed E-state index contributed by atoms with van der Waals surface area (Å²) in [5.74, 6) is 0.796. The first kappa shape index (κ1) is 14.3. The smallest absolute Gasteiger partial charge is 0.323 e. The van der Waals surface area contributed by atoms with E-state index in [1.54, 1.807) is 0 Å². The van der Waals surface area contributed by atoms with Crippen LogP contribution in [0.25, 0.3) is 0 Å². The van der Waals surface area contributed by atoms with Gasteiger partial charge >= 0.3 is 5.97 Å². The number of nitrogens with one attached hydrogen (secondary N) is 1. The summed E-state index contributed by atoms with van der Waals surface area (Å²) in [4.78, 5) is 14.0. The average Bonchev–Trinajstić information content (AvgIpc) is 2.78. The second kappa shape index (κ2) is 5.97. The van der Waals surface area contributed by atoms with Crippen LogP contribution in [0.15, 0.2) is 12.1 Å². The summed E-state index contributed by atoms with van der Waals surface area (Å²) in [6.45, 7) is 5.72. The van der Waals surface area contributed by atoms with Crippen molar-refractivity contribution in [3.05, 3.63) is 17.8 Å². The van der Waals surface area contributed by atoms with Crippen molar-refractivity contribution in [3.63, 3.8) is 0 Å². The quantitative estimate of drug-likeness (QED) is 0.839. The maximum Gasteiger partial charge on any atom is 0.323 e. The molecule has 0 aliphatic carbocycles. The molecule has 3 atom stereocenters. The van der Waals surface area contributed by atoms with E-state index in [9.17, 15) is 4.79 Å². The van der Waals surface area contributed by atoms with Gasteiger partial charge in [-0.2, -0.15) is 5.10 Å². The summed E-state index contributed by atoms with van der Waals surface area (Å²) in [5.41, 5.74) is 0.924. The Balaban J connectivity index is 1.60. The Bertz CT molecular complexity index is 505. The maximum absolute atomic E-state index is 11.7. The van der Waals surface area contributed by atoms with Gasteiger partial charge in [0.15, 0.2) is 5.82 Å². The van der Waals surface area contributed by atoms with Crippen molar-refractivity contribution in [3.8, 4) is 0 Å². The predicted molar refractivity (Wildman–Crippen MR) is 79.1 cm³/mol. The van der Waals surface area contributed by atoms with Crippen molar-refractivity contribution in [1.29, 1.82) is 0 Å². The number of rotatable bonds is 3. The maximum atomic E-state index is 11.7. The van der Waals surface area contributed by atoms with Gasteiger partial charge in [0.05, 0.1) is 5.69 Å². The predicted octanol–water partition coefficient (Wildman–Crippen LogP) is 1.05. The minimum absolute atomic E-state index is 0.0256. The zero-order chi connectivity index (χ0) is 14.8. The Kier molecular flexibility index (Phi) is 4.05. The van der Waals surface area contributed by atoms with Gasteiger partial charge in [0, 0.05) is 25.6 Å². The van der Waals surface area contributed by atoms with Crippen molar-refractivity contribution >= 4 is 11.8 Å². The van der Waals surface area contributed by atoms with Gasteiger partial charge in [-0.25, -0.2) is 0 Å². The lowest BCUT2D eigenvalue weighted by Gasteiger charge is -2.34. The van der Waals surface area contributed by atoms with Crippen molar-refractivity contribution < 1.29 is 9.53 Å². The molecule has 3 heterocycles. The average molecular weight is 290 g/mol. The van der Waals surface area contributed by atoms with Gasteiger partial charge in [0.1, 0.15) is 12.1 Å². The molecule has 6 nitrogen and oxygen atoms in total. The standard InChI is InChI=1S/C15H22N4O2/c1-10-5-6-14(18-17-10)19-7-3-4-12(9-19)16-13-8-11(2)21-15(13)20/h5-6,11-13,16H,3-4,7-9H2,1-2H3/t11-,12-,13+/m0/s1. The number of esters is 1. The number of carbonyl (C=O) groups excluding carboxylic acids is 1. The van der Waals surface area contributed by atoms with Crippen molar-refractivity contribution in [2.24, 2.45) is 0 Å². The second-order valence-electron chi connectivity index (χ2n) is 6.02. The topological polar surface area (TPSA) is 67.3 Å². The van der Waals surface area contributed by atoms with Crippen LogP contribution in [0, 0.1) is 6.92 Å². The van der Waals surface area contributed by atoms with E-state index in [1.807, 2.05) is 26.0 Å². The first-order chi connectivity index (χ1) is 10.1. The normalized spacial score (nSPS) is 29.5. The van der Waals surface area contributed by atoms with Crippen LogP contribution in [-0.2, 0) is 9.53 Å². The number of piperidine rings is 1. The summed E-state index contributed by atoms with van der Waals surface area (Å²) >= 11 is 0. The number of aryl methyl sites for hydroxylation is 1. The molecule has 0 aromatic carbocycles. The van der Waals surface area contributed by atoms with Gasteiger partial charge in [-0.3, -0.25) is 10.1 Å². The van der Waals surface area contributed by atoms with Gasteiger partial charge in [-0.05, 0) is 38.8 Å². The molecular weight excluding hydrogens is 268 g/mol. The Labute approximate surface area is 124 Å². The highest BCUT2D eigenvalue weighted by Crippen LogP contribution is 2.20. The monoisotopic (exact) mass is 290 g/mol. The molecule has 6 heteroatoms.